The van der Waals surface area contributed by atoms with Crippen molar-refractivity contribution in [1.82, 2.24) is 30.4 Å². The first kappa shape index (κ1) is 17.8. The van der Waals surface area contributed by atoms with Crippen LogP contribution in [0.2, 0.25) is 0 Å². The number of carbonyl (C=O) groups is 1. The molecule has 8 nitrogen and oxygen atoms in total. The number of aromatic amines is 1. The maximum atomic E-state index is 12.2. The second-order valence-corrected chi connectivity index (χ2v) is 6.66. The van der Waals surface area contributed by atoms with Crippen LogP contribution in [0.1, 0.15) is 17.6 Å². The zero-order valence-corrected chi connectivity index (χ0v) is 15.0. The fourth-order valence-electron chi connectivity index (χ4n) is 2.66. The van der Waals surface area contributed by atoms with E-state index in [0.717, 1.165) is 24.6 Å². The first-order valence-corrected chi connectivity index (χ1v) is 9.22. The summed E-state index contributed by atoms with van der Waals surface area (Å²) in [7, 11) is 0. The minimum atomic E-state index is -0.0401. The number of nitrogens with zero attached hydrogens (tertiary/aromatic N) is 4. The Morgan fingerprint density at radius 2 is 2.28 bits per heavy atom. The maximum absolute atomic E-state index is 12.2. The number of thioether (sulfide) groups is 1. The second kappa shape index (κ2) is 8.93. The highest BCUT2D eigenvalue weighted by atomic mass is 32.2. The molecule has 0 bridgehead atoms. The van der Waals surface area contributed by atoms with Crippen molar-refractivity contribution in [3.8, 4) is 0 Å². The molecule has 2 aromatic heterocycles. The molecule has 0 aromatic carbocycles. The van der Waals surface area contributed by atoms with Gasteiger partial charge in [0.25, 0.3) is 0 Å². The van der Waals surface area contributed by atoms with Crippen molar-refractivity contribution in [2.24, 2.45) is 0 Å². The quantitative estimate of drug-likeness (QED) is 0.703. The summed E-state index contributed by atoms with van der Waals surface area (Å²) in [5.41, 5.74) is 0.960. The largest absolute Gasteiger partial charge is 0.379 e. The lowest BCUT2D eigenvalue weighted by Crippen LogP contribution is -2.44. The van der Waals surface area contributed by atoms with Crippen molar-refractivity contribution in [2.75, 3.05) is 38.6 Å². The van der Waals surface area contributed by atoms with Crippen molar-refractivity contribution in [2.45, 2.75) is 18.1 Å². The number of pyridine rings is 1. The zero-order valence-electron chi connectivity index (χ0n) is 14.1. The topological polar surface area (TPSA) is 96.0 Å². The Labute approximate surface area is 150 Å². The van der Waals surface area contributed by atoms with Crippen molar-refractivity contribution < 1.29 is 9.53 Å². The van der Waals surface area contributed by atoms with Crippen LogP contribution >= 0.6 is 11.8 Å². The lowest BCUT2D eigenvalue weighted by molar-refractivity contribution is -0.118. The molecule has 1 fully saturated rings. The van der Waals surface area contributed by atoms with Crippen LogP contribution in [-0.4, -0.2) is 69.6 Å². The van der Waals surface area contributed by atoms with E-state index in [1.165, 1.54) is 11.8 Å². The monoisotopic (exact) mass is 362 g/mol. The molecule has 0 radical (unpaired) electrons. The average molecular weight is 362 g/mol. The smallest absolute Gasteiger partial charge is 0.230 e. The molecule has 25 heavy (non-hydrogen) atoms. The fraction of sp³-hybridized carbons (Fsp3) is 0.500. The van der Waals surface area contributed by atoms with Gasteiger partial charge in [-0.15, -0.1) is 5.10 Å². The van der Waals surface area contributed by atoms with Crippen LogP contribution in [-0.2, 0) is 9.53 Å². The number of aryl methyl sites for hydroxylation is 1. The molecule has 0 aliphatic carbocycles. The number of aromatic nitrogens is 4. The molecular formula is C16H22N6O2S. The standard InChI is InChI=1S/C16H22N6O2S/c1-12-19-16(21-20-12)25-11-15(23)18-10-14(13-4-2-3-5-17-13)22-6-8-24-9-7-22/h2-5,14H,6-11H2,1H3,(H,18,23)(H,19,20,21). The highest BCUT2D eigenvalue weighted by Crippen LogP contribution is 2.19. The van der Waals surface area contributed by atoms with Crippen LogP contribution in [0.15, 0.2) is 29.6 Å². The average Bonchev–Trinajstić information content (AvgIpc) is 3.07. The Morgan fingerprint density at radius 3 is 2.96 bits per heavy atom. The van der Waals surface area contributed by atoms with Gasteiger partial charge in [0.05, 0.1) is 30.7 Å². The molecule has 1 saturated heterocycles. The van der Waals surface area contributed by atoms with E-state index in [1.807, 2.05) is 25.1 Å². The Bertz CT molecular complexity index is 674. The molecule has 1 unspecified atom stereocenters. The van der Waals surface area contributed by atoms with Gasteiger partial charge < -0.3 is 10.1 Å². The van der Waals surface area contributed by atoms with Crippen molar-refractivity contribution >= 4 is 17.7 Å². The van der Waals surface area contributed by atoms with Crippen LogP contribution in [0.5, 0.6) is 0 Å². The number of H-pyrrole nitrogens is 1. The van der Waals surface area contributed by atoms with Crippen molar-refractivity contribution in [1.29, 1.82) is 0 Å². The molecular weight excluding hydrogens is 340 g/mol. The molecule has 2 aromatic rings. The number of rotatable bonds is 7. The Hall–Kier alpha value is -1.97. The summed E-state index contributed by atoms with van der Waals surface area (Å²) in [6.07, 6.45) is 1.78. The second-order valence-electron chi connectivity index (χ2n) is 5.71. The third kappa shape index (κ3) is 5.25. The highest BCUT2D eigenvalue weighted by Gasteiger charge is 2.24. The van der Waals surface area contributed by atoms with Gasteiger partial charge >= 0.3 is 0 Å². The number of ether oxygens (including phenoxy) is 1. The van der Waals surface area contributed by atoms with E-state index in [1.54, 1.807) is 6.20 Å². The number of amides is 1. The summed E-state index contributed by atoms with van der Waals surface area (Å²) in [4.78, 5) is 23.1. The third-order valence-corrected chi connectivity index (χ3v) is 4.76. The number of carbonyl (C=O) groups excluding carboxylic acids is 1. The van der Waals surface area contributed by atoms with E-state index in [0.29, 0.717) is 24.9 Å². The SMILES string of the molecule is Cc1nc(SCC(=O)NCC(c2ccccn2)N2CCOCC2)n[nH]1. The van der Waals surface area contributed by atoms with Crippen LogP contribution in [0, 0.1) is 6.92 Å². The summed E-state index contributed by atoms with van der Waals surface area (Å²) < 4.78 is 5.43. The molecule has 1 atom stereocenters. The number of hydrogen-bond donors (Lipinski definition) is 2. The van der Waals surface area contributed by atoms with Crippen LogP contribution < -0.4 is 5.32 Å². The molecule has 3 heterocycles. The molecule has 9 heteroatoms. The van der Waals surface area contributed by atoms with Crippen LogP contribution in [0.4, 0.5) is 0 Å². The van der Waals surface area contributed by atoms with Gasteiger partial charge in [-0.3, -0.25) is 19.8 Å². The minimum absolute atomic E-state index is 0.0401. The van der Waals surface area contributed by atoms with Crippen LogP contribution in [0.3, 0.4) is 0 Å². The van der Waals surface area contributed by atoms with Gasteiger partial charge in [0.15, 0.2) is 0 Å². The summed E-state index contributed by atoms with van der Waals surface area (Å²) in [5.74, 6) is 0.988. The fourth-order valence-corrected chi connectivity index (χ4v) is 3.34. The van der Waals surface area contributed by atoms with Gasteiger partial charge in [0.2, 0.25) is 11.1 Å². The van der Waals surface area contributed by atoms with E-state index in [9.17, 15) is 4.79 Å². The van der Waals surface area contributed by atoms with E-state index >= 15 is 0 Å². The Balaban J connectivity index is 1.55. The minimum Gasteiger partial charge on any atom is -0.379 e. The van der Waals surface area contributed by atoms with Gasteiger partial charge in [-0.1, -0.05) is 17.8 Å². The van der Waals surface area contributed by atoms with E-state index in [4.69, 9.17) is 4.74 Å². The lowest BCUT2D eigenvalue weighted by atomic mass is 10.1. The van der Waals surface area contributed by atoms with Crippen molar-refractivity contribution in [3.05, 3.63) is 35.9 Å². The van der Waals surface area contributed by atoms with Gasteiger partial charge in [-0.25, -0.2) is 4.98 Å². The molecule has 3 rings (SSSR count). The summed E-state index contributed by atoms with van der Waals surface area (Å²) in [6, 6.07) is 5.91. The normalized spacial score (nSPS) is 16.5. The molecule has 134 valence electrons. The molecule has 0 spiro atoms. The molecule has 2 N–H and O–H groups in total. The summed E-state index contributed by atoms with van der Waals surface area (Å²) >= 11 is 1.32. The zero-order chi connectivity index (χ0) is 17.5. The number of morpholine rings is 1. The van der Waals surface area contributed by atoms with Gasteiger partial charge in [-0.05, 0) is 19.1 Å². The number of nitrogens with one attached hydrogen (secondary N) is 2. The molecule has 1 amide bonds. The Morgan fingerprint density at radius 1 is 1.44 bits per heavy atom. The van der Waals surface area contributed by atoms with Gasteiger partial charge in [0, 0.05) is 25.8 Å². The summed E-state index contributed by atoms with van der Waals surface area (Å²) in [6.45, 7) is 5.43. The van der Waals surface area contributed by atoms with Gasteiger partial charge in [0.1, 0.15) is 5.82 Å². The van der Waals surface area contributed by atoms with Crippen molar-refractivity contribution in [3.63, 3.8) is 0 Å². The van der Waals surface area contributed by atoms with E-state index in [2.05, 4.69) is 30.4 Å². The van der Waals surface area contributed by atoms with Crippen LogP contribution in [0.25, 0.3) is 0 Å². The first-order valence-electron chi connectivity index (χ1n) is 8.23. The first-order chi connectivity index (χ1) is 12.2. The number of hydrogen-bond acceptors (Lipinski definition) is 7. The summed E-state index contributed by atoms with van der Waals surface area (Å²) in [5, 5.41) is 10.4. The van der Waals surface area contributed by atoms with Gasteiger partial charge in [-0.2, -0.15) is 0 Å². The Kier molecular flexibility index (Phi) is 6.37. The van der Waals surface area contributed by atoms with E-state index in [-0.39, 0.29) is 17.7 Å². The molecule has 1 aliphatic rings. The molecule has 1 aliphatic heterocycles. The predicted octanol–water partition coefficient (Wildman–Crippen LogP) is 0.790. The maximum Gasteiger partial charge on any atom is 0.230 e. The lowest BCUT2D eigenvalue weighted by Gasteiger charge is -2.34. The highest BCUT2D eigenvalue weighted by molar-refractivity contribution is 7.99. The molecule has 0 saturated carbocycles. The third-order valence-electron chi connectivity index (χ3n) is 3.92. The van der Waals surface area contributed by atoms with E-state index < -0.39 is 0 Å². The predicted molar refractivity (Wildman–Crippen MR) is 94.2 cm³/mol.